The first-order valence-electron chi connectivity index (χ1n) is 5.54. The highest BCUT2D eigenvalue weighted by atomic mass is 28.2. The molecular formula is C10H25NOSi. The van der Waals surface area contributed by atoms with Crippen molar-refractivity contribution in [1.82, 2.24) is 5.32 Å². The van der Waals surface area contributed by atoms with Crippen molar-refractivity contribution in [3.63, 3.8) is 0 Å². The second kappa shape index (κ2) is 10.2. The van der Waals surface area contributed by atoms with Crippen molar-refractivity contribution in [3.05, 3.63) is 0 Å². The summed E-state index contributed by atoms with van der Waals surface area (Å²) in [6.07, 6.45) is 5.84. The van der Waals surface area contributed by atoms with Crippen LogP contribution in [-0.2, 0) is 4.43 Å². The Hall–Kier alpha value is 0.137. The Labute approximate surface area is 85.4 Å². The Balaban J connectivity index is 0.000000252. The highest BCUT2D eigenvalue weighted by Crippen LogP contribution is 2.28. The van der Waals surface area contributed by atoms with E-state index in [1.165, 1.54) is 25.7 Å². The first kappa shape index (κ1) is 13.1. The Morgan fingerprint density at radius 1 is 1.23 bits per heavy atom. The van der Waals surface area contributed by atoms with E-state index in [1.54, 1.807) is 0 Å². The molecule has 80 valence electrons. The molecule has 0 spiro atoms. The van der Waals surface area contributed by atoms with Gasteiger partial charge in [0, 0.05) is 7.11 Å². The second-order valence-corrected chi connectivity index (χ2v) is 5.63. The first-order chi connectivity index (χ1) is 6.35. The van der Waals surface area contributed by atoms with Gasteiger partial charge in [0.15, 0.2) is 9.76 Å². The largest absolute Gasteiger partial charge is 0.427 e. The van der Waals surface area contributed by atoms with E-state index in [-0.39, 0.29) is 9.76 Å². The van der Waals surface area contributed by atoms with Crippen molar-refractivity contribution < 1.29 is 4.43 Å². The Bertz CT molecular complexity index is 92.9. The van der Waals surface area contributed by atoms with E-state index in [1.807, 2.05) is 7.11 Å². The lowest BCUT2D eigenvalue weighted by Gasteiger charge is -2.02. The van der Waals surface area contributed by atoms with Gasteiger partial charge in [-0.05, 0) is 18.6 Å². The summed E-state index contributed by atoms with van der Waals surface area (Å²) in [5, 5.41) is 3.11. The molecule has 0 aliphatic heterocycles. The van der Waals surface area contributed by atoms with Crippen LogP contribution in [0.2, 0.25) is 5.54 Å². The quantitative estimate of drug-likeness (QED) is 0.702. The number of hydrogen-bond acceptors (Lipinski definition) is 2. The minimum absolute atomic E-state index is 0.102. The molecule has 0 bridgehead atoms. The molecule has 0 radical (unpaired) electrons. The maximum atomic E-state index is 5.16. The van der Waals surface area contributed by atoms with Crippen molar-refractivity contribution in [1.29, 1.82) is 0 Å². The molecule has 0 heterocycles. The molecule has 1 saturated carbocycles. The molecule has 13 heavy (non-hydrogen) atoms. The fourth-order valence-corrected chi connectivity index (χ4v) is 3.04. The van der Waals surface area contributed by atoms with Crippen LogP contribution in [0.25, 0.3) is 0 Å². The highest BCUT2D eigenvalue weighted by Gasteiger charge is 2.14. The van der Waals surface area contributed by atoms with Gasteiger partial charge in [-0.1, -0.05) is 39.5 Å². The van der Waals surface area contributed by atoms with Gasteiger partial charge in [0.25, 0.3) is 0 Å². The summed E-state index contributed by atoms with van der Waals surface area (Å²) < 4.78 is 5.16. The molecule has 0 atom stereocenters. The van der Waals surface area contributed by atoms with Crippen LogP contribution in [0.5, 0.6) is 0 Å². The van der Waals surface area contributed by atoms with Crippen molar-refractivity contribution in [2.24, 2.45) is 0 Å². The van der Waals surface area contributed by atoms with Gasteiger partial charge < -0.3 is 9.74 Å². The van der Waals surface area contributed by atoms with Crippen LogP contribution in [0, 0.1) is 0 Å². The predicted octanol–water partition coefficient (Wildman–Crippen LogP) is 1.69. The molecule has 0 aromatic heterocycles. The molecule has 1 fully saturated rings. The van der Waals surface area contributed by atoms with Crippen molar-refractivity contribution in [2.75, 3.05) is 20.2 Å². The van der Waals surface area contributed by atoms with E-state index in [0.717, 1.165) is 18.6 Å². The zero-order valence-electron chi connectivity index (χ0n) is 9.44. The molecular weight excluding hydrogens is 178 g/mol. The average Bonchev–Trinajstić information content (AvgIpc) is 2.60. The van der Waals surface area contributed by atoms with Gasteiger partial charge >= 0.3 is 0 Å². The third-order valence-electron chi connectivity index (χ3n) is 2.38. The zero-order chi connectivity index (χ0) is 9.94. The topological polar surface area (TPSA) is 21.3 Å². The molecule has 1 rings (SSSR count). The van der Waals surface area contributed by atoms with Gasteiger partial charge in [-0.3, -0.25) is 0 Å². The lowest BCUT2D eigenvalue weighted by Crippen LogP contribution is -2.09. The van der Waals surface area contributed by atoms with E-state index in [0.29, 0.717) is 0 Å². The maximum absolute atomic E-state index is 5.16. The minimum atomic E-state index is -0.102. The van der Waals surface area contributed by atoms with Gasteiger partial charge in [-0.15, -0.1) is 0 Å². The maximum Gasteiger partial charge on any atom is 0.164 e. The smallest absolute Gasteiger partial charge is 0.164 e. The fraction of sp³-hybridized carbons (Fsp3) is 1.00. The fourth-order valence-electron chi connectivity index (χ4n) is 1.66. The van der Waals surface area contributed by atoms with Crippen LogP contribution in [0.1, 0.15) is 39.5 Å². The SMILES string of the molecule is CCNCC.CO[SiH2]C1CCCC1. The summed E-state index contributed by atoms with van der Waals surface area (Å²) in [5.41, 5.74) is 1.03. The molecule has 1 aliphatic rings. The van der Waals surface area contributed by atoms with E-state index in [2.05, 4.69) is 19.2 Å². The van der Waals surface area contributed by atoms with Gasteiger partial charge in [0.05, 0.1) is 0 Å². The number of nitrogens with one attached hydrogen (secondary N) is 1. The molecule has 1 N–H and O–H groups in total. The van der Waals surface area contributed by atoms with Gasteiger partial charge in [0.1, 0.15) is 0 Å². The highest BCUT2D eigenvalue weighted by molar-refractivity contribution is 6.29. The predicted molar refractivity (Wildman–Crippen MR) is 62.0 cm³/mol. The van der Waals surface area contributed by atoms with E-state index >= 15 is 0 Å². The van der Waals surface area contributed by atoms with Crippen molar-refractivity contribution in [3.8, 4) is 0 Å². The Morgan fingerprint density at radius 3 is 2.08 bits per heavy atom. The monoisotopic (exact) mass is 203 g/mol. The summed E-state index contributed by atoms with van der Waals surface area (Å²) in [6.45, 7) is 6.39. The van der Waals surface area contributed by atoms with Crippen molar-refractivity contribution in [2.45, 2.75) is 45.1 Å². The molecule has 0 saturated heterocycles. The molecule has 0 unspecified atom stereocenters. The summed E-state index contributed by atoms with van der Waals surface area (Å²) in [5.74, 6) is 0. The first-order valence-corrected chi connectivity index (χ1v) is 6.94. The van der Waals surface area contributed by atoms with E-state index < -0.39 is 0 Å². The molecule has 0 amide bonds. The molecule has 1 aliphatic carbocycles. The summed E-state index contributed by atoms with van der Waals surface area (Å²) in [4.78, 5) is 0. The van der Waals surface area contributed by atoms with Crippen molar-refractivity contribution >= 4 is 9.76 Å². The molecule has 0 aromatic rings. The summed E-state index contributed by atoms with van der Waals surface area (Å²) >= 11 is 0. The molecule has 3 heteroatoms. The summed E-state index contributed by atoms with van der Waals surface area (Å²) in [6, 6.07) is 0. The number of rotatable bonds is 4. The van der Waals surface area contributed by atoms with Crippen LogP contribution >= 0.6 is 0 Å². The summed E-state index contributed by atoms with van der Waals surface area (Å²) in [7, 11) is 1.75. The molecule has 2 nitrogen and oxygen atoms in total. The Morgan fingerprint density at radius 2 is 1.77 bits per heavy atom. The third-order valence-corrected chi connectivity index (χ3v) is 4.00. The van der Waals surface area contributed by atoms with Crippen LogP contribution in [0.3, 0.4) is 0 Å². The van der Waals surface area contributed by atoms with Crippen LogP contribution in [0.4, 0.5) is 0 Å². The normalized spacial score (nSPS) is 17.8. The average molecular weight is 203 g/mol. The molecule has 0 aromatic carbocycles. The second-order valence-electron chi connectivity index (χ2n) is 3.56. The van der Waals surface area contributed by atoms with E-state index in [4.69, 9.17) is 4.43 Å². The minimum Gasteiger partial charge on any atom is -0.427 e. The van der Waals surface area contributed by atoms with Gasteiger partial charge in [-0.2, -0.15) is 0 Å². The standard InChI is InChI=1S/C6H14OSi.C4H11N/c1-7-8-6-4-2-3-5-6;1-3-5-4-2/h6H,2-5,8H2,1H3;5H,3-4H2,1-2H3. The third kappa shape index (κ3) is 8.47. The lowest BCUT2D eigenvalue weighted by molar-refractivity contribution is 0.429. The van der Waals surface area contributed by atoms with Gasteiger partial charge in [-0.25, -0.2) is 0 Å². The van der Waals surface area contributed by atoms with Gasteiger partial charge in [0.2, 0.25) is 0 Å². The van der Waals surface area contributed by atoms with Crippen LogP contribution in [0.15, 0.2) is 0 Å². The lowest BCUT2D eigenvalue weighted by atomic mass is 10.4. The zero-order valence-corrected chi connectivity index (χ0v) is 10.8. The van der Waals surface area contributed by atoms with E-state index in [9.17, 15) is 0 Å². The number of hydrogen-bond donors (Lipinski definition) is 1. The van der Waals surface area contributed by atoms with Crippen LogP contribution in [-0.4, -0.2) is 30.0 Å². The Kier molecular flexibility index (Phi) is 10.3. The van der Waals surface area contributed by atoms with Crippen LogP contribution < -0.4 is 5.32 Å².